The van der Waals surface area contributed by atoms with Crippen LogP contribution in [0.5, 0.6) is 0 Å². The molecular weight excluding hydrogens is 324 g/mol. The summed E-state index contributed by atoms with van der Waals surface area (Å²) in [7, 11) is 0. The fraction of sp³-hybridized carbons (Fsp3) is 0.750. The lowest BCUT2D eigenvalue weighted by Gasteiger charge is -2.20. The summed E-state index contributed by atoms with van der Waals surface area (Å²) in [6.07, 6.45) is 2.56. The Labute approximate surface area is 140 Å². The molecule has 0 aliphatic carbocycles. The smallest absolute Gasteiger partial charge is 0.118 e. The lowest BCUT2D eigenvalue weighted by molar-refractivity contribution is 0.198. The minimum Gasteiger partial charge on any atom is -0.381 e. The van der Waals surface area contributed by atoms with E-state index in [1.54, 1.807) is 0 Å². The van der Waals surface area contributed by atoms with Gasteiger partial charge in [0, 0.05) is 40.7 Å². The maximum atomic E-state index is 6.09. The van der Waals surface area contributed by atoms with Gasteiger partial charge in [0.05, 0.1) is 0 Å². The zero-order valence-electron chi connectivity index (χ0n) is 14.0. The molecule has 1 aromatic heterocycles. The summed E-state index contributed by atoms with van der Waals surface area (Å²) in [5, 5.41) is 1.07. The number of nitrogens with one attached hydrogen (secondary N) is 1. The molecule has 122 valence electrons. The van der Waals surface area contributed by atoms with E-state index in [0.29, 0.717) is 0 Å². The number of aromatic nitrogens is 1. The van der Waals surface area contributed by atoms with Crippen LogP contribution in [0, 0.1) is 0 Å². The molecular formula is C16H28Cl2NOP. The van der Waals surface area contributed by atoms with Crippen molar-refractivity contribution >= 4 is 34.4 Å². The van der Waals surface area contributed by atoms with Gasteiger partial charge in [-0.3, -0.25) is 0 Å². The van der Waals surface area contributed by atoms with Crippen LogP contribution in [0.1, 0.15) is 65.8 Å². The van der Waals surface area contributed by atoms with Gasteiger partial charge in [-0.1, -0.05) is 64.0 Å². The molecule has 2 heterocycles. The Morgan fingerprint density at radius 3 is 1.76 bits per heavy atom. The Balaban J connectivity index is 0.000000369. The maximum absolute atomic E-state index is 6.09. The van der Waals surface area contributed by atoms with E-state index in [9.17, 15) is 0 Å². The summed E-state index contributed by atoms with van der Waals surface area (Å²) >= 11 is 12.2. The van der Waals surface area contributed by atoms with Crippen molar-refractivity contribution in [1.82, 2.24) is 4.98 Å². The van der Waals surface area contributed by atoms with Gasteiger partial charge in [-0.15, -0.1) is 0 Å². The Morgan fingerprint density at radius 1 is 1.00 bits per heavy atom. The number of ether oxygens (including phenoxy) is 1. The van der Waals surface area contributed by atoms with Gasteiger partial charge < -0.3 is 9.72 Å². The quantitative estimate of drug-likeness (QED) is 0.633. The van der Waals surface area contributed by atoms with Crippen LogP contribution in [0.2, 0.25) is 0 Å². The van der Waals surface area contributed by atoms with Gasteiger partial charge in [0.1, 0.15) is 6.63 Å². The van der Waals surface area contributed by atoms with E-state index >= 15 is 0 Å². The summed E-state index contributed by atoms with van der Waals surface area (Å²) in [5.41, 5.74) is 2.50. The summed E-state index contributed by atoms with van der Waals surface area (Å²) in [4.78, 5) is 3.49. The Hall–Kier alpha value is 0.250. The lowest BCUT2D eigenvalue weighted by atomic mass is 9.92. The highest BCUT2D eigenvalue weighted by Crippen LogP contribution is 2.48. The number of rotatable bonds is 1. The van der Waals surface area contributed by atoms with E-state index in [2.05, 4.69) is 52.6 Å². The highest BCUT2D eigenvalue weighted by molar-refractivity contribution is 8.08. The molecule has 0 atom stereocenters. The van der Waals surface area contributed by atoms with Crippen molar-refractivity contribution in [2.45, 2.75) is 65.2 Å². The Morgan fingerprint density at radius 2 is 1.52 bits per heavy atom. The van der Waals surface area contributed by atoms with Gasteiger partial charge in [-0.05, 0) is 18.9 Å². The van der Waals surface area contributed by atoms with Crippen LogP contribution < -0.4 is 5.30 Å². The topological polar surface area (TPSA) is 25.0 Å². The highest BCUT2D eigenvalue weighted by Gasteiger charge is 2.27. The molecule has 0 spiro atoms. The molecule has 0 bridgehead atoms. The monoisotopic (exact) mass is 351 g/mol. The minimum atomic E-state index is -1.09. The van der Waals surface area contributed by atoms with E-state index < -0.39 is 6.63 Å². The molecule has 0 radical (unpaired) electrons. The van der Waals surface area contributed by atoms with Crippen molar-refractivity contribution in [1.29, 1.82) is 0 Å². The van der Waals surface area contributed by atoms with Gasteiger partial charge in [-0.25, -0.2) is 0 Å². The van der Waals surface area contributed by atoms with Crippen LogP contribution in [-0.4, -0.2) is 18.2 Å². The first kappa shape index (κ1) is 19.3. The van der Waals surface area contributed by atoms with Gasteiger partial charge in [-0.2, -0.15) is 0 Å². The van der Waals surface area contributed by atoms with E-state index in [4.69, 9.17) is 27.2 Å². The van der Waals surface area contributed by atoms with E-state index in [1.807, 2.05) is 0 Å². The number of hydrogen-bond donors (Lipinski definition) is 1. The second-order valence-corrected chi connectivity index (χ2v) is 11.0. The van der Waals surface area contributed by atoms with Crippen LogP contribution in [0.3, 0.4) is 0 Å². The SMILES string of the molecule is C1CCOC1.CC(C)(C)c1cc(P(Cl)Cl)c(C(C)(C)C)[nH]1. The molecule has 1 saturated heterocycles. The van der Waals surface area contributed by atoms with Gasteiger partial charge in [0.2, 0.25) is 0 Å². The Kier molecular flexibility index (Phi) is 7.06. The molecule has 0 unspecified atom stereocenters. The molecule has 0 saturated carbocycles. The van der Waals surface area contributed by atoms with Crippen molar-refractivity contribution < 1.29 is 4.74 Å². The molecule has 1 aliphatic rings. The fourth-order valence-corrected chi connectivity index (χ4v) is 3.65. The van der Waals surface area contributed by atoms with Crippen molar-refractivity contribution in [3.63, 3.8) is 0 Å². The van der Waals surface area contributed by atoms with Gasteiger partial charge in [0.15, 0.2) is 0 Å². The average Bonchev–Trinajstić information content (AvgIpc) is 3.00. The standard InChI is InChI=1S/C12H20Cl2NP.C4H8O/c1-11(2,3)9-7-8(16(13)14)10(15-9)12(4,5)6;1-2-4-5-3-1/h7,15H,1-6H3;1-4H2. The van der Waals surface area contributed by atoms with Crippen LogP contribution in [0.15, 0.2) is 6.07 Å². The van der Waals surface area contributed by atoms with E-state index in [1.165, 1.54) is 18.5 Å². The van der Waals surface area contributed by atoms with Crippen molar-refractivity contribution in [2.75, 3.05) is 13.2 Å². The average molecular weight is 352 g/mol. The zero-order chi connectivity index (χ0) is 16.3. The summed E-state index contributed by atoms with van der Waals surface area (Å²) < 4.78 is 4.94. The number of hydrogen-bond acceptors (Lipinski definition) is 1. The fourth-order valence-electron chi connectivity index (χ4n) is 2.06. The molecule has 1 N–H and O–H groups in total. The predicted molar refractivity (Wildman–Crippen MR) is 96.5 cm³/mol. The lowest BCUT2D eigenvalue weighted by Crippen LogP contribution is -2.19. The summed E-state index contributed by atoms with van der Waals surface area (Å²) in [6.45, 7) is 14.0. The third-order valence-corrected chi connectivity index (χ3v) is 5.17. The van der Waals surface area contributed by atoms with Crippen molar-refractivity contribution in [2.24, 2.45) is 0 Å². The highest BCUT2D eigenvalue weighted by atomic mass is 35.9. The molecule has 1 aromatic rings. The van der Waals surface area contributed by atoms with Crippen LogP contribution in [-0.2, 0) is 15.6 Å². The van der Waals surface area contributed by atoms with Gasteiger partial charge >= 0.3 is 0 Å². The second-order valence-electron chi connectivity index (χ2n) is 7.50. The number of halogens is 2. The molecule has 0 aromatic carbocycles. The molecule has 0 amide bonds. The first-order chi connectivity index (χ1) is 9.53. The molecule has 1 aliphatic heterocycles. The largest absolute Gasteiger partial charge is 0.381 e. The normalized spacial score (nSPS) is 16.0. The van der Waals surface area contributed by atoms with Crippen LogP contribution in [0.4, 0.5) is 0 Å². The minimum absolute atomic E-state index is 0.0448. The summed E-state index contributed by atoms with van der Waals surface area (Å²) in [6, 6.07) is 2.12. The molecule has 2 rings (SSSR count). The molecule has 1 fully saturated rings. The Bertz CT molecular complexity index is 433. The summed E-state index contributed by atoms with van der Waals surface area (Å²) in [5.74, 6) is 0. The van der Waals surface area contributed by atoms with Crippen LogP contribution >= 0.6 is 29.1 Å². The van der Waals surface area contributed by atoms with E-state index in [0.717, 1.165) is 24.2 Å². The zero-order valence-corrected chi connectivity index (χ0v) is 16.4. The maximum Gasteiger partial charge on any atom is 0.118 e. The third-order valence-electron chi connectivity index (χ3n) is 3.36. The second kappa shape index (κ2) is 7.68. The van der Waals surface area contributed by atoms with Crippen molar-refractivity contribution in [3.05, 3.63) is 17.5 Å². The molecule has 5 heteroatoms. The van der Waals surface area contributed by atoms with E-state index in [-0.39, 0.29) is 10.8 Å². The number of H-pyrrole nitrogens is 1. The number of aromatic amines is 1. The molecule has 21 heavy (non-hydrogen) atoms. The molecule has 2 nitrogen and oxygen atoms in total. The third kappa shape index (κ3) is 6.10. The van der Waals surface area contributed by atoms with Crippen LogP contribution in [0.25, 0.3) is 0 Å². The predicted octanol–water partition coefficient (Wildman–Crippen LogP) is 5.82. The first-order valence-electron chi connectivity index (χ1n) is 7.47. The first-order valence-corrected chi connectivity index (χ1v) is 10.6. The van der Waals surface area contributed by atoms with Gasteiger partial charge in [0.25, 0.3) is 0 Å². The van der Waals surface area contributed by atoms with Crippen molar-refractivity contribution in [3.8, 4) is 0 Å².